The van der Waals surface area contributed by atoms with Crippen molar-refractivity contribution in [2.45, 2.75) is 13.8 Å². The van der Waals surface area contributed by atoms with Crippen LogP contribution in [-0.4, -0.2) is 71.2 Å². The summed E-state index contributed by atoms with van der Waals surface area (Å²) in [5.41, 5.74) is 2.90. The maximum absolute atomic E-state index is 13.9. The van der Waals surface area contributed by atoms with Crippen molar-refractivity contribution in [3.63, 3.8) is 0 Å². The first-order valence-electron chi connectivity index (χ1n) is 11.2. The molecule has 4 heterocycles. The first kappa shape index (κ1) is 21.8. The molecular weight excluding hydrogens is 438 g/mol. The van der Waals surface area contributed by atoms with Gasteiger partial charge in [-0.05, 0) is 44.2 Å². The zero-order valence-corrected chi connectivity index (χ0v) is 19.7. The minimum absolute atomic E-state index is 0.0939. The molecule has 1 aliphatic heterocycles. The third-order valence-electron chi connectivity index (χ3n) is 5.79. The quantitative estimate of drug-likeness (QED) is 0.415. The average molecular weight is 466 g/mol. The Morgan fingerprint density at radius 1 is 1.21 bits per heavy atom. The highest BCUT2D eigenvalue weighted by Gasteiger charge is 2.27. The van der Waals surface area contributed by atoms with Crippen LogP contribution in [0, 0.1) is 6.92 Å². The number of fused-ring (bicyclic) bond motifs is 2. The van der Waals surface area contributed by atoms with Crippen LogP contribution in [0.1, 0.15) is 23.1 Å². The average Bonchev–Trinajstić information content (AvgIpc) is 3.39. The third kappa shape index (κ3) is 4.44. The zero-order valence-electron chi connectivity index (χ0n) is 18.9. The number of pyridine rings is 1. The first-order chi connectivity index (χ1) is 16.1. The molecule has 172 valence electrons. The molecule has 0 spiro atoms. The van der Waals surface area contributed by atoms with E-state index < -0.39 is 0 Å². The summed E-state index contributed by atoms with van der Waals surface area (Å²) in [5.74, 6) is 0.715. The van der Waals surface area contributed by atoms with Crippen molar-refractivity contribution in [3.05, 3.63) is 54.0 Å². The molecule has 1 amide bonds. The first-order valence-corrected chi connectivity index (χ1v) is 12.0. The maximum Gasteiger partial charge on any atom is 0.279 e. The molecule has 4 aromatic rings. The van der Waals surface area contributed by atoms with Gasteiger partial charge in [0, 0.05) is 32.4 Å². The number of benzene rings is 1. The molecule has 3 aromatic heterocycles. The number of nitrogens with zero attached hydrogens (tertiary/aromatic N) is 5. The fourth-order valence-corrected chi connectivity index (χ4v) is 5.13. The van der Waals surface area contributed by atoms with Gasteiger partial charge in [-0.1, -0.05) is 17.4 Å². The molecule has 0 bridgehead atoms. The van der Waals surface area contributed by atoms with Crippen molar-refractivity contribution in [1.82, 2.24) is 19.3 Å². The zero-order chi connectivity index (χ0) is 22.8. The number of ether oxygens (including phenoxy) is 2. The molecule has 0 atom stereocenters. The highest BCUT2D eigenvalue weighted by molar-refractivity contribution is 7.22. The lowest BCUT2D eigenvalue weighted by Gasteiger charge is -2.29. The highest BCUT2D eigenvalue weighted by atomic mass is 32.1. The number of amides is 1. The SMILES string of the molecule is CCOc1ccc2nc(N(CCN3CCOCC3)C(=O)c3c(C)nc4ccccn34)sc2c1. The largest absolute Gasteiger partial charge is 0.494 e. The lowest BCUT2D eigenvalue weighted by molar-refractivity contribution is 0.0391. The van der Waals surface area contributed by atoms with E-state index in [4.69, 9.17) is 14.5 Å². The number of carbonyl (C=O) groups excluding carboxylic acids is 1. The summed E-state index contributed by atoms with van der Waals surface area (Å²) in [6.07, 6.45) is 1.88. The molecule has 0 unspecified atom stereocenters. The number of thiazole rings is 1. The lowest BCUT2D eigenvalue weighted by atomic mass is 10.3. The molecule has 1 saturated heterocycles. The number of imidazole rings is 1. The van der Waals surface area contributed by atoms with Crippen LogP contribution in [0.3, 0.4) is 0 Å². The van der Waals surface area contributed by atoms with Gasteiger partial charge in [0.2, 0.25) is 0 Å². The Bertz CT molecular complexity index is 1280. The number of aryl methyl sites for hydroxylation is 1. The molecule has 0 radical (unpaired) electrons. The predicted octanol–water partition coefficient (Wildman–Crippen LogP) is 3.63. The molecule has 0 saturated carbocycles. The van der Waals surface area contributed by atoms with Gasteiger partial charge in [-0.15, -0.1) is 0 Å². The van der Waals surface area contributed by atoms with Crippen molar-refractivity contribution in [2.75, 3.05) is 50.9 Å². The molecular formula is C24H27N5O3S. The van der Waals surface area contributed by atoms with E-state index in [0.29, 0.717) is 29.7 Å². The summed E-state index contributed by atoms with van der Waals surface area (Å²) in [6, 6.07) is 11.6. The Labute approximate surface area is 196 Å². The Balaban J connectivity index is 1.51. The Morgan fingerprint density at radius 3 is 2.88 bits per heavy atom. The number of morpholine rings is 1. The normalized spacial score (nSPS) is 14.7. The molecule has 1 fully saturated rings. The van der Waals surface area contributed by atoms with Crippen LogP contribution >= 0.6 is 11.3 Å². The van der Waals surface area contributed by atoms with E-state index in [-0.39, 0.29) is 5.91 Å². The summed E-state index contributed by atoms with van der Waals surface area (Å²) in [4.78, 5) is 27.4. The molecule has 33 heavy (non-hydrogen) atoms. The summed E-state index contributed by atoms with van der Waals surface area (Å²) < 4.78 is 14.0. The van der Waals surface area contributed by atoms with E-state index in [1.807, 2.05) is 60.8 Å². The van der Waals surface area contributed by atoms with E-state index in [9.17, 15) is 4.79 Å². The van der Waals surface area contributed by atoms with Crippen LogP contribution in [0.15, 0.2) is 42.6 Å². The summed E-state index contributed by atoms with van der Waals surface area (Å²) >= 11 is 1.51. The molecule has 9 heteroatoms. The van der Waals surface area contributed by atoms with Gasteiger partial charge in [-0.25, -0.2) is 9.97 Å². The smallest absolute Gasteiger partial charge is 0.279 e. The van der Waals surface area contributed by atoms with Crippen LogP contribution < -0.4 is 9.64 Å². The molecule has 0 aliphatic carbocycles. The summed E-state index contributed by atoms with van der Waals surface area (Å²) in [7, 11) is 0. The minimum atomic E-state index is -0.0939. The molecule has 5 rings (SSSR count). The number of rotatable bonds is 7. The standard InChI is InChI=1S/C24H27N5O3S/c1-3-32-18-7-8-19-20(16-18)33-24(26-19)29(11-10-27-12-14-31-15-13-27)23(30)22-17(2)25-21-6-4-5-9-28(21)22/h4-9,16H,3,10-15H2,1-2H3. The van der Waals surface area contributed by atoms with Crippen molar-refractivity contribution >= 4 is 38.2 Å². The van der Waals surface area contributed by atoms with Crippen molar-refractivity contribution < 1.29 is 14.3 Å². The Hall–Kier alpha value is -3.01. The van der Waals surface area contributed by atoms with E-state index in [1.165, 1.54) is 11.3 Å². The summed E-state index contributed by atoms with van der Waals surface area (Å²) in [6.45, 7) is 8.93. The van der Waals surface area contributed by atoms with Crippen molar-refractivity contribution in [3.8, 4) is 5.75 Å². The second-order valence-electron chi connectivity index (χ2n) is 7.94. The van der Waals surface area contributed by atoms with E-state index in [1.54, 1.807) is 4.90 Å². The van der Waals surface area contributed by atoms with Crippen molar-refractivity contribution in [1.29, 1.82) is 0 Å². The van der Waals surface area contributed by atoms with E-state index in [2.05, 4.69) is 9.88 Å². The monoisotopic (exact) mass is 465 g/mol. The van der Waals surface area contributed by atoms with Gasteiger partial charge in [0.1, 0.15) is 17.1 Å². The van der Waals surface area contributed by atoms with Gasteiger partial charge >= 0.3 is 0 Å². The second kappa shape index (κ2) is 9.46. The highest BCUT2D eigenvalue weighted by Crippen LogP contribution is 2.32. The molecule has 8 nitrogen and oxygen atoms in total. The number of hydrogen-bond donors (Lipinski definition) is 0. The third-order valence-corrected chi connectivity index (χ3v) is 6.83. The topological polar surface area (TPSA) is 72.2 Å². The summed E-state index contributed by atoms with van der Waals surface area (Å²) in [5, 5.41) is 0.683. The maximum atomic E-state index is 13.9. The van der Waals surface area contributed by atoms with Gasteiger partial charge in [-0.2, -0.15) is 0 Å². The van der Waals surface area contributed by atoms with Gasteiger partial charge < -0.3 is 9.47 Å². The molecule has 0 N–H and O–H groups in total. The molecule has 1 aliphatic rings. The van der Waals surface area contributed by atoms with Gasteiger partial charge in [-0.3, -0.25) is 19.0 Å². The van der Waals surface area contributed by atoms with Crippen LogP contribution in [-0.2, 0) is 4.74 Å². The molecule has 1 aromatic carbocycles. The fraction of sp³-hybridized carbons (Fsp3) is 0.375. The van der Waals surface area contributed by atoms with Crippen LogP contribution in [0.5, 0.6) is 5.75 Å². The second-order valence-corrected chi connectivity index (χ2v) is 8.95. The van der Waals surface area contributed by atoms with Gasteiger partial charge in [0.25, 0.3) is 5.91 Å². The number of anilines is 1. The van der Waals surface area contributed by atoms with Crippen LogP contribution in [0.2, 0.25) is 0 Å². The number of hydrogen-bond acceptors (Lipinski definition) is 7. The van der Waals surface area contributed by atoms with Gasteiger partial charge in [0.05, 0.1) is 35.7 Å². The lowest BCUT2D eigenvalue weighted by Crippen LogP contribution is -2.43. The Morgan fingerprint density at radius 2 is 2.06 bits per heavy atom. The number of aromatic nitrogens is 3. The van der Waals surface area contributed by atoms with Crippen LogP contribution in [0.4, 0.5) is 5.13 Å². The number of carbonyl (C=O) groups is 1. The van der Waals surface area contributed by atoms with E-state index >= 15 is 0 Å². The van der Waals surface area contributed by atoms with Gasteiger partial charge in [0.15, 0.2) is 5.13 Å². The van der Waals surface area contributed by atoms with Crippen molar-refractivity contribution in [2.24, 2.45) is 0 Å². The van der Waals surface area contributed by atoms with Crippen LogP contribution in [0.25, 0.3) is 15.9 Å². The minimum Gasteiger partial charge on any atom is -0.494 e. The Kier molecular flexibility index (Phi) is 6.26. The predicted molar refractivity (Wildman–Crippen MR) is 130 cm³/mol. The fourth-order valence-electron chi connectivity index (χ4n) is 4.11. The van der Waals surface area contributed by atoms with E-state index in [0.717, 1.165) is 54.5 Å².